The van der Waals surface area contributed by atoms with Gasteiger partial charge in [0.25, 0.3) is 0 Å². The predicted octanol–water partition coefficient (Wildman–Crippen LogP) is 2.45. The van der Waals surface area contributed by atoms with E-state index in [4.69, 9.17) is 0 Å². The molecular weight excluding hydrogens is 172 g/mol. The highest BCUT2D eigenvalue weighted by atomic mass is 15.2. The van der Waals surface area contributed by atoms with Crippen LogP contribution in [0.2, 0.25) is 0 Å². The van der Waals surface area contributed by atoms with Crippen LogP contribution in [0.4, 0.5) is 0 Å². The summed E-state index contributed by atoms with van der Waals surface area (Å²) in [6.07, 6.45) is 4.53. The normalized spacial score (nSPS) is 28.1. The van der Waals surface area contributed by atoms with Gasteiger partial charge in [0.05, 0.1) is 5.69 Å². The molecule has 0 aromatic carbocycles. The number of likely N-dealkylation sites (tertiary alicyclic amines) is 1. The first-order valence-electron chi connectivity index (χ1n) is 5.43. The molecule has 0 amide bonds. The molecule has 2 rings (SSSR count). The Kier molecular flexibility index (Phi) is 2.82. The summed E-state index contributed by atoms with van der Waals surface area (Å²) in [5.41, 5.74) is 1.19. The summed E-state index contributed by atoms with van der Waals surface area (Å²) in [5.74, 6) is 0. The second-order valence-corrected chi connectivity index (χ2v) is 4.27. The maximum atomic E-state index is 4.37. The highest BCUT2D eigenvalue weighted by Crippen LogP contribution is 2.24. The molecule has 0 aliphatic carbocycles. The van der Waals surface area contributed by atoms with Gasteiger partial charge in [-0.1, -0.05) is 6.07 Å². The highest BCUT2D eigenvalue weighted by molar-refractivity contribution is 5.04. The maximum Gasteiger partial charge on any atom is 0.0544 e. The van der Waals surface area contributed by atoms with E-state index in [2.05, 4.69) is 35.9 Å². The molecule has 76 valence electrons. The number of pyridine rings is 1. The zero-order valence-electron chi connectivity index (χ0n) is 8.98. The second-order valence-electron chi connectivity index (χ2n) is 4.27. The first kappa shape index (κ1) is 9.66. The van der Waals surface area contributed by atoms with Gasteiger partial charge in [-0.25, -0.2) is 0 Å². The topological polar surface area (TPSA) is 16.1 Å². The molecule has 2 heterocycles. The Morgan fingerprint density at radius 1 is 1.29 bits per heavy atom. The second kappa shape index (κ2) is 4.09. The van der Waals surface area contributed by atoms with Crippen molar-refractivity contribution in [3.05, 3.63) is 30.1 Å². The lowest BCUT2D eigenvalue weighted by atomic mass is 10.2. The molecule has 0 N–H and O–H groups in total. The molecule has 1 saturated heterocycles. The van der Waals surface area contributed by atoms with E-state index in [1.54, 1.807) is 0 Å². The zero-order chi connectivity index (χ0) is 9.97. The molecule has 2 atom stereocenters. The lowest BCUT2D eigenvalue weighted by Gasteiger charge is -2.25. The predicted molar refractivity (Wildman–Crippen MR) is 57.9 cm³/mol. The van der Waals surface area contributed by atoms with Crippen LogP contribution in [-0.2, 0) is 6.54 Å². The summed E-state index contributed by atoms with van der Waals surface area (Å²) in [4.78, 5) is 6.91. The third kappa shape index (κ3) is 1.95. The van der Waals surface area contributed by atoms with Gasteiger partial charge in [0.1, 0.15) is 0 Å². The number of nitrogens with zero attached hydrogens (tertiary/aromatic N) is 2. The van der Waals surface area contributed by atoms with Crippen molar-refractivity contribution in [3.8, 4) is 0 Å². The zero-order valence-corrected chi connectivity index (χ0v) is 8.98. The van der Waals surface area contributed by atoms with Crippen molar-refractivity contribution in [1.82, 2.24) is 9.88 Å². The molecule has 0 unspecified atom stereocenters. The Labute approximate surface area is 86.0 Å². The van der Waals surface area contributed by atoms with E-state index >= 15 is 0 Å². The first-order valence-corrected chi connectivity index (χ1v) is 5.43. The van der Waals surface area contributed by atoms with Gasteiger partial charge in [-0.15, -0.1) is 0 Å². The number of aromatic nitrogens is 1. The molecule has 0 saturated carbocycles. The van der Waals surface area contributed by atoms with Gasteiger partial charge in [-0.2, -0.15) is 0 Å². The Bertz CT molecular complexity index is 274. The standard InChI is InChI=1S/C12H18N2/c1-10-6-7-11(2)14(10)9-12-5-3-4-8-13-12/h3-5,8,10-11H,6-7,9H2,1-2H3/t10-,11-/m0/s1. The van der Waals surface area contributed by atoms with E-state index in [-0.39, 0.29) is 0 Å². The van der Waals surface area contributed by atoms with Crippen molar-refractivity contribution in [1.29, 1.82) is 0 Å². The Hall–Kier alpha value is -0.890. The fourth-order valence-corrected chi connectivity index (χ4v) is 2.24. The Morgan fingerprint density at radius 3 is 2.57 bits per heavy atom. The van der Waals surface area contributed by atoms with Crippen molar-refractivity contribution < 1.29 is 0 Å². The van der Waals surface area contributed by atoms with Gasteiger partial charge in [-0.05, 0) is 38.8 Å². The molecule has 1 aromatic heterocycles. The average Bonchev–Trinajstić information content (AvgIpc) is 2.51. The molecule has 0 bridgehead atoms. The van der Waals surface area contributed by atoms with E-state index < -0.39 is 0 Å². The van der Waals surface area contributed by atoms with Crippen LogP contribution >= 0.6 is 0 Å². The molecule has 2 heteroatoms. The van der Waals surface area contributed by atoms with E-state index in [0.29, 0.717) is 12.1 Å². The molecule has 2 nitrogen and oxygen atoms in total. The lowest BCUT2D eigenvalue weighted by molar-refractivity contribution is 0.202. The summed E-state index contributed by atoms with van der Waals surface area (Å²) in [6.45, 7) is 5.63. The van der Waals surface area contributed by atoms with Gasteiger partial charge in [0.15, 0.2) is 0 Å². The van der Waals surface area contributed by atoms with Crippen LogP contribution in [-0.4, -0.2) is 22.0 Å². The van der Waals surface area contributed by atoms with Crippen molar-refractivity contribution in [2.24, 2.45) is 0 Å². The van der Waals surface area contributed by atoms with Gasteiger partial charge >= 0.3 is 0 Å². The van der Waals surface area contributed by atoms with Crippen LogP contribution in [0.3, 0.4) is 0 Å². The smallest absolute Gasteiger partial charge is 0.0544 e. The van der Waals surface area contributed by atoms with Gasteiger partial charge < -0.3 is 0 Å². The summed E-state index contributed by atoms with van der Waals surface area (Å²) in [7, 11) is 0. The van der Waals surface area contributed by atoms with E-state index in [0.717, 1.165) is 6.54 Å². The SMILES string of the molecule is C[C@H]1CC[C@H](C)N1Cc1ccccn1. The fourth-order valence-electron chi connectivity index (χ4n) is 2.24. The summed E-state index contributed by atoms with van der Waals surface area (Å²) in [5, 5.41) is 0. The largest absolute Gasteiger partial charge is 0.292 e. The van der Waals surface area contributed by atoms with Crippen LogP contribution in [0.15, 0.2) is 24.4 Å². The molecule has 1 fully saturated rings. The minimum Gasteiger partial charge on any atom is -0.292 e. The average molecular weight is 190 g/mol. The van der Waals surface area contributed by atoms with Crippen LogP contribution < -0.4 is 0 Å². The van der Waals surface area contributed by atoms with E-state index in [1.807, 2.05) is 12.3 Å². The van der Waals surface area contributed by atoms with Crippen LogP contribution in [0.5, 0.6) is 0 Å². The third-order valence-electron chi connectivity index (χ3n) is 3.21. The third-order valence-corrected chi connectivity index (χ3v) is 3.21. The minimum absolute atomic E-state index is 0.715. The Morgan fingerprint density at radius 2 is 2.00 bits per heavy atom. The van der Waals surface area contributed by atoms with E-state index in [9.17, 15) is 0 Å². The molecular formula is C12H18N2. The van der Waals surface area contributed by atoms with Crippen LogP contribution in [0.25, 0.3) is 0 Å². The van der Waals surface area contributed by atoms with Crippen molar-refractivity contribution >= 4 is 0 Å². The van der Waals surface area contributed by atoms with Gasteiger partial charge in [-0.3, -0.25) is 9.88 Å². The van der Waals surface area contributed by atoms with Crippen molar-refractivity contribution in [2.75, 3.05) is 0 Å². The number of hydrogen-bond acceptors (Lipinski definition) is 2. The summed E-state index contributed by atoms with van der Waals surface area (Å²) < 4.78 is 0. The van der Waals surface area contributed by atoms with Crippen LogP contribution in [0.1, 0.15) is 32.4 Å². The van der Waals surface area contributed by atoms with Gasteiger partial charge in [0.2, 0.25) is 0 Å². The maximum absolute atomic E-state index is 4.37. The monoisotopic (exact) mass is 190 g/mol. The summed E-state index contributed by atoms with van der Waals surface area (Å²) >= 11 is 0. The van der Waals surface area contributed by atoms with Gasteiger partial charge in [0, 0.05) is 24.8 Å². The summed E-state index contributed by atoms with van der Waals surface area (Å²) in [6, 6.07) is 7.57. The van der Waals surface area contributed by atoms with E-state index in [1.165, 1.54) is 18.5 Å². The Balaban J connectivity index is 2.04. The minimum atomic E-state index is 0.715. The van der Waals surface area contributed by atoms with Crippen molar-refractivity contribution in [3.63, 3.8) is 0 Å². The molecule has 1 aromatic rings. The molecule has 1 aliphatic rings. The van der Waals surface area contributed by atoms with Crippen LogP contribution in [0, 0.1) is 0 Å². The fraction of sp³-hybridized carbons (Fsp3) is 0.583. The quantitative estimate of drug-likeness (QED) is 0.712. The number of hydrogen-bond donors (Lipinski definition) is 0. The molecule has 0 radical (unpaired) electrons. The molecule has 1 aliphatic heterocycles. The molecule has 0 spiro atoms. The molecule has 14 heavy (non-hydrogen) atoms. The first-order chi connectivity index (χ1) is 6.77. The lowest BCUT2D eigenvalue weighted by Crippen LogP contribution is -2.32. The highest BCUT2D eigenvalue weighted by Gasteiger charge is 2.26. The number of rotatable bonds is 2. The van der Waals surface area contributed by atoms with Crippen molar-refractivity contribution in [2.45, 2.75) is 45.3 Å².